The minimum Gasteiger partial charge on any atom is -0.242 e. The largest absolute Gasteiger partial charge is 0.242 e. The standard InChI is InChI=1S/C9H7ClN2O2S/c10-9-7-4-2-1-3-6(7)8(5-12-9)15(11,13)14/h1-5H,(H2,11,13,14). The van der Waals surface area contributed by atoms with Gasteiger partial charge in [-0.05, 0) is 0 Å². The number of pyridine rings is 1. The van der Waals surface area contributed by atoms with Crippen molar-refractivity contribution in [3.8, 4) is 0 Å². The lowest BCUT2D eigenvalue weighted by Gasteiger charge is -2.04. The van der Waals surface area contributed by atoms with Gasteiger partial charge < -0.3 is 0 Å². The van der Waals surface area contributed by atoms with Gasteiger partial charge in [0.2, 0.25) is 10.0 Å². The van der Waals surface area contributed by atoms with Crippen molar-refractivity contribution in [2.45, 2.75) is 4.90 Å². The number of rotatable bonds is 1. The van der Waals surface area contributed by atoms with E-state index in [2.05, 4.69) is 4.98 Å². The first-order valence-corrected chi connectivity index (χ1v) is 5.98. The Balaban J connectivity index is 2.96. The summed E-state index contributed by atoms with van der Waals surface area (Å²) in [5, 5.41) is 6.38. The van der Waals surface area contributed by atoms with Crippen LogP contribution >= 0.6 is 11.6 Å². The van der Waals surface area contributed by atoms with Gasteiger partial charge in [0.05, 0.1) is 0 Å². The summed E-state index contributed by atoms with van der Waals surface area (Å²) < 4.78 is 22.5. The Morgan fingerprint density at radius 3 is 2.40 bits per heavy atom. The highest BCUT2D eigenvalue weighted by Gasteiger charge is 2.14. The van der Waals surface area contributed by atoms with Crippen molar-refractivity contribution in [1.82, 2.24) is 4.98 Å². The summed E-state index contributed by atoms with van der Waals surface area (Å²) >= 11 is 5.83. The van der Waals surface area contributed by atoms with Crippen LogP contribution in [0.2, 0.25) is 5.15 Å². The first-order valence-electron chi connectivity index (χ1n) is 4.06. The van der Waals surface area contributed by atoms with Gasteiger partial charge in [0.15, 0.2) is 0 Å². The molecule has 0 radical (unpaired) electrons. The Morgan fingerprint density at radius 2 is 1.80 bits per heavy atom. The number of halogens is 1. The van der Waals surface area contributed by atoms with Gasteiger partial charge in [-0.1, -0.05) is 35.9 Å². The Kier molecular flexibility index (Phi) is 2.38. The quantitative estimate of drug-likeness (QED) is 0.771. The Hall–Kier alpha value is -1.17. The summed E-state index contributed by atoms with van der Waals surface area (Å²) in [5.74, 6) is 0. The highest BCUT2D eigenvalue weighted by atomic mass is 35.5. The van der Waals surface area contributed by atoms with Gasteiger partial charge in [-0.2, -0.15) is 0 Å². The molecule has 0 amide bonds. The zero-order valence-electron chi connectivity index (χ0n) is 7.51. The molecule has 0 aliphatic heterocycles. The van der Waals surface area contributed by atoms with Crippen LogP contribution in [0.5, 0.6) is 0 Å². The van der Waals surface area contributed by atoms with Crippen molar-refractivity contribution >= 4 is 32.4 Å². The predicted molar refractivity (Wildman–Crippen MR) is 58.1 cm³/mol. The second-order valence-electron chi connectivity index (χ2n) is 3.00. The Bertz CT molecular complexity index is 625. The molecule has 6 heteroatoms. The molecule has 2 aromatic rings. The average Bonchev–Trinajstić information content (AvgIpc) is 2.17. The van der Waals surface area contributed by atoms with Gasteiger partial charge in [0, 0.05) is 17.0 Å². The second-order valence-corrected chi connectivity index (χ2v) is 4.89. The fourth-order valence-corrected chi connectivity index (χ4v) is 2.26. The van der Waals surface area contributed by atoms with Crippen LogP contribution in [-0.2, 0) is 10.0 Å². The van der Waals surface area contributed by atoms with Crippen molar-refractivity contribution in [1.29, 1.82) is 0 Å². The molecule has 0 bridgehead atoms. The predicted octanol–water partition coefficient (Wildman–Crippen LogP) is 1.54. The highest BCUT2D eigenvalue weighted by molar-refractivity contribution is 7.89. The summed E-state index contributed by atoms with van der Waals surface area (Å²) in [5.41, 5.74) is 0. The summed E-state index contributed by atoms with van der Waals surface area (Å²) in [6.45, 7) is 0. The molecule has 2 rings (SSSR count). The maximum Gasteiger partial charge on any atom is 0.240 e. The van der Waals surface area contributed by atoms with Crippen molar-refractivity contribution in [2.24, 2.45) is 5.14 Å². The number of aromatic nitrogens is 1. The molecular formula is C9H7ClN2O2S. The monoisotopic (exact) mass is 242 g/mol. The van der Waals surface area contributed by atoms with Gasteiger partial charge >= 0.3 is 0 Å². The fourth-order valence-electron chi connectivity index (χ4n) is 1.36. The van der Waals surface area contributed by atoms with Crippen molar-refractivity contribution in [2.75, 3.05) is 0 Å². The Labute approximate surface area is 91.7 Å². The van der Waals surface area contributed by atoms with Crippen LogP contribution in [-0.4, -0.2) is 13.4 Å². The van der Waals surface area contributed by atoms with Crippen LogP contribution < -0.4 is 5.14 Å². The number of hydrogen-bond acceptors (Lipinski definition) is 3. The maximum absolute atomic E-state index is 11.3. The third kappa shape index (κ3) is 1.81. The smallest absolute Gasteiger partial charge is 0.240 e. The van der Waals surface area contributed by atoms with E-state index in [1.807, 2.05) is 0 Å². The van der Waals surface area contributed by atoms with Crippen molar-refractivity contribution in [3.05, 3.63) is 35.6 Å². The zero-order chi connectivity index (χ0) is 11.1. The number of nitrogens with two attached hydrogens (primary N) is 1. The summed E-state index contributed by atoms with van der Waals surface area (Å²) in [6, 6.07) is 6.80. The maximum atomic E-state index is 11.3. The molecule has 0 saturated heterocycles. The van der Waals surface area contributed by atoms with Crippen molar-refractivity contribution < 1.29 is 8.42 Å². The topological polar surface area (TPSA) is 73.1 Å². The van der Waals surface area contributed by atoms with E-state index in [4.69, 9.17) is 16.7 Å². The van der Waals surface area contributed by atoms with Gasteiger partial charge in [-0.3, -0.25) is 0 Å². The van der Waals surface area contributed by atoms with E-state index in [-0.39, 0.29) is 10.0 Å². The molecule has 1 aromatic carbocycles. The molecule has 15 heavy (non-hydrogen) atoms. The number of nitrogens with zero attached hydrogens (tertiary/aromatic N) is 1. The van der Waals surface area contributed by atoms with Gasteiger partial charge in [-0.15, -0.1) is 0 Å². The van der Waals surface area contributed by atoms with E-state index in [9.17, 15) is 8.42 Å². The highest BCUT2D eigenvalue weighted by Crippen LogP contribution is 2.26. The molecule has 0 aliphatic carbocycles. The van der Waals surface area contributed by atoms with Crippen LogP contribution in [0, 0.1) is 0 Å². The molecule has 78 valence electrons. The lowest BCUT2D eigenvalue weighted by molar-refractivity contribution is 0.598. The molecule has 0 atom stereocenters. The van der Waals surface area contributed by atoms with Gasteiger partial charge in [0.25, 0.3) is 0 Å². The van der Waals surface area contributed by atoms with E-state index < -0.39 is 10.0 Å². The number of benzene rings is 1. The molecule has 2 N–H and O–H groups in total. The molecule has 1 aromatic heterocycles. The summed E-state index contributed by atoms with van der Waals surface area (Å²) in [6.07, 6.45) is 1.17. The number of sulfonamides is 1. The van der Waals surface area contributed by atoms with Crippen LogP contribution in [0.25, 0.3) is 10.8 Å². The third-order valence-electron chi connectivity index (χ3n) is 2.02. The molecule has 0 fully saturated rings. The van der Waals surface area contributed by atoms with Crippen LogP contribution in [0.15, 0.2) is 35.4 Å². The first-order chi connectivity index (χ1) is 7.00. The molecule has 0 unspecified atom stereocenters. The van der Waals surface area contributed by atoms with Gasteiger partial charge in [-0.25, -0.2) is 18.5 Å². The molecule has 1 heterocycles. The van der Waals surface area contributed by atoms with Gasteiger partial charge in [0.1, 0.15) is 10.0 Å². The Morgan fingerprint density at radius 1 is 1.20 bits per heavy atom. The van der Waals surface area contributed by atoms with Crippen LogP contribution in [0.4, 0.5) is 0 Å². The average molecular weight is 243 g/mol. The minimum atomic E-state index is -3.77. The molecule has 4 nitrogen and oxygen atoms in total. The molecule has 0 aliphatic rings. The SMILES string of the molecule is NS(=O)(=O)c1cnc(Cl)c2ccccc12. The number of fused-ring (bicyclic) bond motifs is 1. The number of hydrogen-bond donors (Lipinski definition) is 1. The lowest BCUT2D eigenvalue weighted by atomic mass is 10.2. The fraction of sp³-hybridized carbons (Fsp3) is 0. The van der Waals surface area contributed by atoms with E-state index >= 15 is 0 Å². The van der Waals surface area contributed by atoms with E-state index in [0.717, 1.165) is 0 Å². The summed E-state index contributed by atoms with van der Waals surface area (Å²) in [7, 11) is -3.77. The third-order valence-corrected chi connectivity index (χ3v) is 3.26. The normalized spacial score (nSPS) is 11.9. The summed E-state index contributed by atoms with van der Waals surface area (Å²) in [4.78, 5) is 3.77. The number of primary sulfonamides is 1. The van der Waals surface area contributed by atoms with E-state index in [1.165, 1.54) is 6.20 Å². The second kappa shape index (κ2) is 3.44. The minimum absolute atomic E-state index is 0.0116. The van der Waals surface area contributed by atoms with Crippen LogP contribution in [0.3, 0.4) is 0 Å². The van der Waals surface area contributed by atoms with Crippen LogP contribution in [0.1, 0.15) is 0 Å². The molecule has 0 spiro atoms. The molecular weight excluding hydrogens is 236 g/mol. The van der Waals surface area contributed by atoms with E-state index in [1.54, 1.807) is 24.3 Å². The van der Waals surface area contributed by atoms with E-state index in [0.29, 0.717) is 10.8 Å². The lowest BCUT2D eigenvalue weighted by Crippen LogP contribution is -2.13. The molecule has 0 saturated carbocycles. The first kappa shape index (κ1) is 10.4. The zero-order valence-corrected chi connectivity index (χ0v) is 9.09. The van der Waals surface area contributed by atoms with Crippen molar-refractivity contribution in [3.63, 3.8) is 0 Å².